The van der Waals surface area contributed by atoms with Gasteiger partial charge in [-0.2, -0.15) is 5.26 Å². The van der Waals surface area contributed by atoms with Gasteiger partial charge in [0.1, 0.15) is 23.1 Å². The second-order valence-electron chi connectivity index (χ2n) is 7.17. The van der Waals surface area contributed by atoms with Crippen LogP contribution < -0.4 is 15.0 Å². The summed E-state index contributed by atoms with van der Waals surface area (Å²) in [7, 11) is 1.54. The second kappa shape index (κ2) is 9.58. The molecule has 0 aliphatic rings. The lowest BCUT2D eigenvalue weighted by atomic mass is 10.0. The summed E-state index contributed by atoms with van der Waals surface area (Å²) in [4.78, 5) is 25.8. The Balaban J connectivity index is 1.97. The highest BCUT2D eigenvalue weighted by Gasteiger charge is 2.24. The predicted octanol–water partition coefficient (Wildman–Crippen LogP) is 4.01. The van der Waals surface area contributed by atoms with Crippen LogP contribution in [-0.2, 0) is 6.54 Å². The third kappa shape index (κ3) is 4.61. The Kier molecular flexibility index (Phi) is 6.86. The Morgan fingerprint density at radius 3 is 2.47 bits per heavy atom. The Hall–Kier alpha value is -3.76. The number of Topliss-reactive ketones (excluding diaryl/α,β-unsaturated/α-hetero) is 1. The minimum Gasteiger partial charge on any atom is -0.497 e. The molecule has 3 rings (SSSR count). The summed E-state index contributed by atoms with van der Waals surface area (Å²) >= 11 is 5.94. The zero-order chi connectivity index (χ0) is 23.4. The van der Waals surface area contributed by atoms with Crippen LogP contribution in [0, 0.1) is 25.2 Å². The molecule has 1 N–H and O–H groups in total. The van der Waals surface area contributed by atoms with E-state index in [0.29, 0.717) is 22.1 Å². The van der Waals surface area contributed by atoms with Crippen molar-refractivity contribution in [1.82, 2.24) is 4.57 Å². The van der Waals surface area contributed by atoms with Gasteiger partial charge in [-0.15, -0.1) is 0 Å². The van der Waals surface area contributed by atoms with Gasteiger partial charge in [0.15, 0.2) is 6.61 Å². The first-order valence-electron chi connectivity index (χ1n) is 9.68. The first kappa shape index (κ1) is 22.9. The Bertz CT molecular complexity index is 1270. The number of aromatic hydroxyl groups is 1. The molecule has 8 heteroatoms. The molecule has 0 bridgehead atoms. The molecule has 0 aliphatic heterocycles. The summed E-state index contributed by atoms with van der Waals surface area (Å²) in [5.74, 6) is 0.0301. The summed E-state index contributed by atoms with van der Waals surface area (Å²) in [6, 6.07) is 13.7. The van der Waals surface area contributed by atoms with Crippen LogP contribution in [0.2, 0.25) is 5.02 Å². The van der Waals surface area contributed by atoms with Crippen molar-refractivity contribution in [2.75, 3.05) is 13.7 Å². The number of rotatable bonds is 7. The summed E-state index contributed by atoms with van der Waals surface area (Å²) in [6.45, 7) is 2.83. The van der Waals surface area contributed by atoms with Crippen LogP contribution in [-0.4, -0.2) is 29.2 Å². The summed E-state index contributed by atoms with van der Waals surface area (Å²) in [5, 5.41) is 20.9. The highest BCUT2D eigenvalue weighted by Crippen LogP contribution is 2.26. The average molecular weight is 453 g/mol. The molecule has 0 unspecified atom stereocenters. The number of carbonyl (C=O) groups excluding carboxylic acids is 1. The highest BCUT2D eigenvalue weighted by atomic mass is 35.5. The molecule has 0 saturated heterocycles. The second-order valence-corrected chi connectivity index (χ2v) is 7.61. The third-order valence-corrected chi connectivity index (χ3v) is 5.31. The van der Waals surface area contributed by atoms with E-state index in [1.807, 2.05) is 6.07 Å². The molecule has 1 aromatic heterocycles. The maximum Gasteiger partial charge on any atom is 0.271 e. The van der Waals surface area contributed by atoms with E-state index in [9.17, 15) is 20.0 Å². The van der Waals surface area contributed by atoms with E-state index in [1.165, 1.54) is 14.0 Å². The van der Waals surface area contributed by atoms with Crippen LogP contribution in [0.5, 0.6) is 17.4 Å². The van der Waals surface area contributed by atoms with Gasteiger partial charge in [-0.1, -0.05) is 23.7 Å². The van der Waals surface area contributed by atoms with Gasteiger partial charge in [0.2, 0.25) is 11.7 Å². The van der Waals surface area contributed by atoms with Gasteiger partial charge < -0.3 is 14.6 Å². The van der Waals surface area contributed by atoms with Gasteiger partial charge in [0.05, 0.1) is 19.2 Å². The molecule has 0 amide bonds. The minimum atomic E-state index is -0.677. The van der Waals surface area contributed by atoms with Crippen molar-refractivity contribution in [1.29, 1.82) is 5.26 Å². The fraction of sp³-hybridized carbons (Fsp3) is 0.208. The van der Waals surface area contributed by atoms with Crippen molar-refractivity contribution in [3.8, 4) is 23.4 Å². The molecule has 7 nitrogen and oxygen atoms in total. The molecule has 0 saturated carbocycles. The number of halogens is 1. The Morgan fingerprint density at radius 2 is 1.88 bits per heavy atom. The van der Waals surface area contributed by atoms with Gasteiger partial charge in [0, 0.05) is 5.02 Å². The average Bonchev–Trinajstić information content (AvgIpc) is 2.77. The Labute approximate surface area is 190 Å². The molecule has 0 atom stereocenters. The lowest BCUT2D eigenvalue weighted by Gasteiger charge is -2.16. The standard InChI is InChI=1S/C24H21ClN2O5/c1-14-10-17(25)6-9-21(14)32-13-20(28)22-15(2)19(11-26)23(29)27(24(22)30)12-16-4-7-18(31-3)8-5-16/h4-10,30H,12-13H2,1-3H3. The van der Waals surface area contributed by atoms with Crippen molar-refractivity contribution in [2.45, 2.75) is 20.4 Å². The fourth-order valence-corrected chi connectivity index (χ4v) is 3.56. The summed E-state index contributed by atoms with van der Waals surface area (Å²) in [6.07, 6.45) is 0. The minimum absolute atomic E-state index is 0.0267. The number of benzene rings is 2. The molecule has 164 valence electrons. The number of hydrogen-bond donors (Lipinski definition) is 1. The number of aryl methyl sites for hydroxylation is 1. The SMILES string of the molecule is COc1ccc(Cn2c(O)c(C(=O)COc3ccc(Cl)cc3C)c(C)c(C#N)c2=O)cc1. The number of carbonyl (C=O) groups is 1. The third-order valence-electron chi connectivity index (χ3n) is 5.07. The molecule has 3 aromatic rings. The van der Waals surface area contributed by atoms with E-state index in [1.54, 1.807) is 49.4 Å². The number of hydrogen-bond acceptors (Lipinski definition) is 6. The maximum absolute atomic E-state index is 13.0. The van der Waals surface area contributed by atoms with Crippen molar-refractivity contribution in [2.24, 2.45) is 0 Å². The van der Waals surface area contributed by atoms with Crippen molar-refractivity contribution in [3.05, 3.63) is 85.7 Å². The van der Waals surface area contributed by atoms with Crippen molar-refractivity contribution in [3.63, 3.8) is 0 Å². The zero-order valence-corrected chi connectivity index (χ0v) is 18.6. The number of methoxy groups -OCH3 is 1. The topological polar surface area (TPSA) is 102 Å². The van der Waals surface area contributed by atoms with Crippen LogP contribution in [0.3, 0.4) is 0 Å². The van der Waals surface area contributed by atoms with Gasteiger partial charge in [-0.25, -0.2) is 0 Å². The first-order chi connectivity index (χ1) is 15.3. The zero-order valence-electron chi connectivity index (χ0n) is 17.8. The van der Waals surface area contributed by atoms with Crippen LogP contribution in [0.1, 0.15) is 32.6 Å². The lowest BCUT2D eigenvalue weighted by molar-refractivity contribution is 0.0916. The first-order valence-corrected chi connectivity index (χ1v) is 10.1. The quantitative estimate of drug-likeness (QED) is 0.543. The number of ether oxygens (including phenoxy) is 2. The largest absolute Gasteiger partial charge is 0.497 e. The van der Waals surface area contributed by atoms with Gasteiger partial charge >= 0.3 is 0 Å². The van der Waals surface area contributed by atoms with E-state index in [4.69, 9.17) is 21.1 Å². The predicted molar refractivity (Wildman–Crippen MR) is 120 cm³/mol. The van der Waals surface area contributed by atoms with Crippen LogP contribution in [0.25, 0.3) is 0 Å². The molecule has 0 fully saturated rings. The number of ketones is 1. The van der Waals surface area contributed by atoms with E-state index < -0.39 is 17.2 Å². The normalized spacial score (nSPS) is 10.5. The van der Waals surface area contributed by atoms with Crippen molar-refractivity contribution >= 4 is 17.4 Å². The van der Waals surface area contributed by atoms with Crippen LogP contribution in [0.4, 0.5) is 0 Å². The summed E-state index contributed by atoms with van der Waals surface area (Å²) in [5.41, 5.74) is 0.533. The van der Waals surface area contributed by atoms with Crippen LogP contribution >= 0.6 is 11.6 Å². The monoisotopic (exact) mass is 452 g/mol. The van der Waals surface area contributed by atoms with E-state index >= 15 is 0 Å². The van der Waals surface area contributed by atoms with Crippen LogP contribution in [0.15, 0.2) is 47.3 Å². The lowest BCUT2D eigenvalue weighted by Crippen LogP contribution is -2.28. The van der Waals surface area contributed by atoms with E-state index in [-0.39, 0.29) is 29.8 Å². The number of aromatic nitrogens is 1. The van der Waals surface area contributed by atoms with E-state index in [2.05, 4.69) is 0 Å². The molecule has 0 radical (unpaired) electrons. The van der Waals surface area contributed by atoms with Gasteiger partial charge in [-0.3, -0.25) is 14.2 Å². The Morgan fingerprint density at radius 1 is 1.19 bits per heavy atom. The maximum atomic E-state index is 13.0. The van der Waals surface area contributed by atoms with Gasteiger partial charge in [0.25, 0.3) is 5.56 Å². The smallest absolute Gasteiger partial charge is 0.271 e. The molecule has 0 aliphatic carbocycles. The van der Waals surface area contributed by atoms with Gasteiger partial charge in [-0.05, 0) is 60.9 Å². The number of pyridine rings is 1. The molecule has 32 heavy (non-hydrogen) atoms. The molecular weight excluding hydrogens is 432 g/mol. The molecule has 2 aromatic carbocycles. The molecule has 0 spiro atoms. The molecule has 1 heterocycles. The summed E-state index contributed by atoms with van der Waals surface area (Å²) < 4.78 is 11.7. The van der Waals surface area contributed by atoms with E-state index in [0.717, 1.165) is 10.1 Å². The number of nitrogens with zero attached hydrogens (tertiary/aromatic N) is 2. The highest BCUT2D eigenvalue weighted by molar-refractivity contribution is 6.30. The fourth-order valence-electron chi connectivity index (χ4n) is 3.34. The van der Waals surface area contributed by atoms with Crippen molar-refractivity contribution < 1.29 is 19.4 Å². The molecular formula is C24H21ClN2O5. The number of nitriles is 1.